The number of aldehydes is 1. The number of carbonyl (C=O) groups excluding carboxylic acids is 1. The number of hydrogen-bond donors (Lipinski definition) is 0. The summed E-state index contributed by atoms with van der Waals surface area (Å²) in [6.45, 7) is 3.45. The molecule has 17 heavy (non-hydrogen) atoms. The summed E-state index contributed by atoms with van der Waals surface area (Å²) in [5.41, 5.74) is 1.48. The summed E-state index contributed by atoms with van der Waals surface area (Å²) >= 11 is 0. The number of anilines is 1. The van der Waals surface area contributed by atoms with Crippen molar-refractivity contribution in [1.29, 1.82) is 5.26 Å². The summed E-state index contributed by atoms with van der Waals surface area (Å²) in [7, 11) is 0. The van der Waals surface area contributed by atoms with Gasteiger partial charge in [-0.2, -0.15) is 5.26 Å². The average molecular weight is 229 g/mol. The number of aromatic nitrogens is 1. The number of nitrogens with zero attached hydrogens (tertiary/aromatic N) is 3. The highest BCUT2D eigenvalue weighted by Gasteiger charge is 2.22. The monoisotopic (exact) mass is 229 g/mol. The molecule has 4 heteroatoms. The molecule has 0 radical (unpaired) electrons. The normalized spacial score (nSPS) is 19.8. The van der Waals surface area contributed by atoms with Crippen LogP contribution in [0.3, 0.4) is 0 Å². The van der Waals surface area contributed by atoms with Crippen molar-refractivity contribution in [2.75, 3.05) is 18.0 Å². The number of nitriles is 1. The Morgan fingerprint density at radius 3 is 3.12 bits per heavy atom. The molecule has 1 saturated heterocycles. The maximum Gasteiger partial charge on any atom is 0.146 e. The van der Waals surface area contributed by atoms with Crippen LogP contribution in [0.25, 0.3) is 0 Å². The second kappa shape index (κ2) is 4.96. The summed E-state index contributed by atoms with van der Waals surface area (Å²) in [5, 5.41) is 9.08. The van der Waals surface area contributed by atoms with Gasteiger partial charge in [0.15, 0.2) is 0 Å². The minimum Gasteiger partial charge on any atom is -0.355 e. The first-order valence-electron chi connectivity index (χ1n) is 5.82. The van der Waals surface area contributed by atoms with Crippen LogP contribution in [0, 0.1) is 24.2 Å². The molecule has 0 amide bonds. The van der Waals surface area contributed by atoms with E-state index in [0.717, 1.165) is 37.2 Å². The van der Waals surface area contributed by atoms with Crippen molar-refractivity contribution in [3.8, 4) is 6.07 Å². The summed E-state index contributed by atoms with van der Waals surface area (Å²) < 4.78 is 0. The van der Waals surface area contributed by atoms with Crippen LogP contribution in [-0.2, 0) is 4.79 Å². The molecule has 1 aromatic rings. The Morgan fingerprint density at radius 2 is 2.41 bits per heavy atom. The van der Waals surface area contributed by atoms with Gasteiger partial charge in [-0.25, -0.2) is 4.98 Å². The number of piperidine rings is 1. The zero-order valence-corrected chi connectivity index (χ0v) is 9.89. The third-order valence-corrected chi connectivity index (χ3v) is 3.08. The molecule has 1 aliphatic heterocycles. The topological polar surface area (TPSA) is 57.0 Å². The van der Waals surface area contributed by atoms with Crippen molar-refractivity contribution in [3.63, 3.8) is 0 Å². The summed E-state index contributed by atoms with van der Waals surface area (Å²) in [5.74, 6) is 0.789. The van der Waals surface area contributed by atoms with E-state index in [0.29, 0.717) is 12.1 Å². The van der Waals surface area contributed by atoms with Crippen molar-refractivity contribution in [2.24, 2.45) is 5.92 Å². The highest BCUT2D eigenvalue weighted by molar-refractivity contribution is 5.59. The Labute approximate surface area is 101 Å². The van der Waals surface area contributed by atoms with E-state index in [1.165, 1.54) is 0 Å². The predicted octanol–water partition coefficient (Wildman–Crippen LogP) is 1.68. The minimum atomic E-state index is 0.0672. The summed E-state index contributed by atoms with van der Waals surface area (Å²) in [4.78, 5) is 17.3. The molecular formula is C13H15N3O. The molecule has 1 aliphatic rings. The lowest BCUT2D eigenvalue weighted by Crippen LogP contribution is -2.37. The highest BCUT2D eigenvalue weighted by atomic mass is 16.1. The molecule has 1 aromatic heterocycles. The summed E-state index contributed by atoms with van der Waals surface area (Å²) in [6, 6.07) is 5.79. The first-order valence-corrected chi connectivity index (χ1v) is 5.82. The molecule has 1 fully saturated rings. The summed E-state index contributed by atoms with van der Waals surface area (Å²) in [6.07, 6.45) is 2.92. The van der Waals surface area contributed by atoms with Crippen LogP contribution in [0.2, 0.25) is 0 Å². The molecule has 0 spiro atoms. The lowest BCUT2D eigenvalue weighted by molar-refractivity contribution is -0.111. The molecule has 0 bridgehead atoms. The van der Waals surface area contributed by atoms with Crippen molar-refractivity contribution in [2.45, 2.75) is 19.8 Å². The van der Waals surface area contributed by atoms with Gasteiger partial charge >= 0.3 is 0 Å². The Bertz CT molecular complexity index is 464. The molecule has 88 valence electrons. The van der Waals surface area contributed by atoms with Gasteiger partial charge in [-0.3, -0.25) is 0 Å². The Kier molecular flexibility index (Phi) is 3.38. The van der Waals surface area contributed by atoms with Gasteiger partial charge in [0.1, 0.15) is 18.2 Å². The molecule has 0 aliphatic carbocycles. The van der Waals surface area contributed by atoms with Crippen LogP contribution < -0.4 is 4.90 Å². The molecule has 2 rings (SSSR count). The fourth-order valence-electron chi connectivity index (χ4n) is 2.18. The van der Waals surface area contributed by atoms with E-state index in [2.05, 4.69) is 11.1 Å². The molecular weight excluding hydrogens is 214 g/mol. The largest absolute Gasteiger partial charge is 0.355 e. The van der Waals surface area contributed by atoms with Crippen LogP contribution in [-0.4, -0.2) is 24.4 Å². The third kappa shape index (κ3) is 2.44. The van der Waals surface area contributed by atoms with E-state index in [4.69, 9.17) is 5.26 Å². The molecule has 1 atom stereocenters. The van der Waals surface area contributed by atoms with Gasteiger partial charge in [0, 0.05) is 24.7 Å². The van der Waals surface area contributed by atoms with Gasteiger partial charge in [-0.1, -0.05) is 0 Å². The SMILES string of the molecule is Cc1ccc(C#N)c(N2CCCC(C=O)C2)n1. The third-order valence-electron chi connectivity index (χ3n) is 3.08. The molecule has 0 saturated carbocycles. The van der Waals surface area contributed by atoms with Crippen LogP contribution >= 0.6 is 0 Å². The van der Waals surface area contributed by atoms with Crippen LogP contribution in [0.4, 0.5) is 5.82 Å². The zero-order chi connectivity index (χ0) is 12.3. The van der Waals surface area contributed by atoms with Gasteiger partial charge < -0.3 is 9.69 Å². The number of carbonyl (C=O) groups is 1. The first kappa shape index (κ1) is 11.6. The number of rotatable bonds is 2. The van der Waals surface area contributed by atoms with E-state index < -0.39 is 0 Å². The predicted molar refractivity (Wildman–Crippen MR) is 64.7 cm³/mol. The van der Waals surface area contributed by atoms with Crippen molar-refractivity contribution >= 4 is 12.1 Å². The van der Waals surface area contributed by atoms with E-state index in [1.807, 2.05) is 17.9 Å². The van der Waals surface area contributed by atoms with Crippen LogP contribution in [0.15, 0.2) is 12.1 Å². The van der Waals surface area contributed by atoms with Crippen molar-refractivity contribution in [3.05, 3.63) is 23.4 Å². The van der Waals surface area contributed by atoms with Gasteiger partial charge in [0.25, 0.3) is 0 Å². The fourth-order valence-corrected chi connectivity index (χ4v) is 2.18. The van der Waals surface area contributed by atoms with E-state index in [-0.39, 0.29) is 5.92 Å². The van der Waals surface area contributed by atoms with E-state index >= 15 is 0 Å². The van der Waals surface area contributed by atoms with E-state index in [1.54, 1.807) is 6.07 Å². The number of aryl methyl sites for hydroxylation is 1. The standard InChI is InChI=1S/C13H15N3O/c1-10-4-5-12(7-14)13(15-10)16-6-2-3-11(8-16)9-17/h4-5,9,11H,2-3,6,8H2,1H3. The minimum absolute atomic E-state index is 0.0672. The van der Waals surface area contributed by atoms with Crippen LogP contribution in [0.1, 0.15) is 24.1 Å². The smallest absolute Gasteiger partial charge is 0.146 e. The maximum absolute atomic E-state index is 10.8. The average Bonchev–Trinajstić information content (AvgIpc) is 2.39. The second-order valence-electron chi connectivity index (χ2n) is 4.42. The van der Waals surface area contributed by atoms with Crippen molar-refractivity contribution in [1.82, 2.24) is 4.98 Å². The first-order chi connectivity index (χ1) is 8.24. The number of pyridine rings is 1. The molecule has 2 heterocycles. The van der Waals surface area contributed by atoms with Gasteiger partial charge in [-0.05, 0) is 31.9 Å². The molecule has 1 unspecified atom stereocenters. The van der Waals surface area contributed by atoms with Crippen LogP contribution in [0.5, 0.6) is 0 Å². The lowest BCUT2D eigenvalue weighted by Gasteiger charge is -2.31. The van der Waals surface area contributed by atoms with E-state index in [9.17, 15) is 4.79 Å². The highest BCUT2D eigenvalue weighted by Crippen LogP contribution is 2.23. The van der Waals surface area contributed by atoms with Gasteiger partial charge in [0.2, 0.25) is 0 Å². The molecule has 0 aromatic carbocycles. The fraction of sp³-hybridized carbons (Fsp3) is 0.462. The van der Waals surface area contributed by atoms with Crippen molar-refractivity contribution < 1.29 is 4.79 Å². The zero-order valence-electron chi connectivity index (χ0n) is 9.89. The quantitative estimate of drug-likeness (QED) is 0.724. The Balaban J connectivity index is 2.29. The Morgan fingerprint density at radius 1 is 1.59 bits per heavy atom. The van der Waals surface area contributed by atoms with Gasteiger partial charge in [-0.15, -0.1) is 0 Å². The molecule has 4 nitrogen and oxygen atoms in total. The molecule has 0 N–H and O–H groups in total. The lowest BCUT2D eigenvalue weighted by atomic mass is 9.99. The Hall–Kier alpha value is -1.89. The second-order valence-corrected chi connectivity index (χ2v) is 4.42. The number of hydrogen-bond acceptors (Lipinski definition) is 4. The van der Waals surface area contributed by atoms with Gasteiger partial charge in [0.05, 0.1) is 5.56 Å². The maximum atomic E-state index is 10.8.